The molecule has 2 aromatic rings. The molecule has 0 bridgehead atoms. The van der Waals surface area contributed by atoms with Gasteiger partial charge in [-0.15, -0.1) is 0 Å². The molecule has 0 aromatic heterocycles. The van der Waals surface area contributed by atoms with E-state index in [9.17, 15) is 5.53 Å². The molecule has 1 heterocycles. The molecule has 2 aromatic carbocycles. The Morgan fingerprint density at radius 3 is 0.735 bits per heavy atom. The minimum absolute atomic E-state index is 1.06. The summed E-state index contributed by atoms with van der Waals surface area (Å²) in [5.74, 6) is 0. The molecule has 0 radical (unpaired) electrons. The zero-order valence-corrected chi connectivity index (χ0v) is 46.9. The lowest BCUT2D eigenvalue weighted by Crippen LogP contribution is -2.09. The molecule has 0 N–H and O–H groups in total. The number of nitrogens with zero attached hydrogens (tertiary/aromatic N) is 2. The van der Waals surface area contributed by atoms with E-state index in [0.717, 1.165) is 49.9 Å². The molecule has 0 aliphatic carbocycles. The minimum Gasteiger partial charge on any atom is -0.493 e. The quantitative estimate of drug-likeness (QED) is 0.0467. The Labute approximate surface area is 424 Å². The van der Waals surface area contributed by atoms with Crippen molar-refractivity contribution in [2.45, 2.75) is 325 Å². The smallest absolute Gasteiger partial charge is 0.211 e. The molecule has 0 spiro atoms. The standard InChI is InChI=1S/C66H112N2/c1-9-17-25-33-34-42-50-64-63(49-41-32-24-16-8)65(59-51-55(43-35-26-18-10-2)61(47-39-30-22-14-6)56(52-59)44-36-27-19-11-3)68(67)66(64)60-53-57(45-37-28-20-12-4)62(48-40-31-23-15-7)58(54-60)46-38-29-21-13-5/h51-54H,9-50H2,1-8H3. The third kappa shape index (κ3) is 21.5. The molecule has 0 fully saturated rings. The van der Waals surface area contributed by atoms with Gasteiger partial charge >= 0.3 is 0 Å². The van der Waals surface area contributed by atoms with Crippen molar-refractivity contribution in [3.63, 3.8) is 0 Å². The van der Waals surface area contributed by atoms with Crippen LogP contribution in [0, 0.1) is 0 Å². The van der Waals surface area contributed by atoms with E-state index in [1.807, 2.05) is 0 Å². The molecule has 0 saturated carbocycles. The molecule has 68 heavy (non-hydrogen) atoms. The van der Waals surface area contributed by atoms with Crippen LogP contribution >= 0.6 is 0 Å². The average molecular weight is 934 g/mol. The normalized spacial score (nSPS) is 13.0. The van der Waals surface area contributed by atoms with Crippen LogP contribution < -0.4 is 0 Å². The maximum Gasteiger partial charge on any atom is 0.211 e. The fourth-order valence-electron chi connectivity index (χ4n) is 11.4. The van der Waals surface area contributed by atoms with Gasteiger partial charge in [0.1, 0.15) is 0 Å². The van der Waals surface area contributed by atoms with E-state index in [1.165, 1.54) is 253 Å². The molecular formula is C66H112N2. The Balaban J connectivity index is 2.39. The summed E-state index contributed by atoms with van der Waals surface area (Å²) in [6, 6.07) is 10.5. The van der Waals surface area contributed by atoms with Gasteiger partial charge < -0.3 is 5.53 Å². The van der Waals surface area contributed by atoms with E-state index >= 15 is 0 Å². The summed E-state index contributed by atoms with van der Waals surface area (Å²) in [5, 5.41) is 0. The van der Waals surface area contributed by atoms with Gasteiger partial charge in [0.25, 0.3) is 0 Å². The lowest BCUT2D eigenvalue weighted by Gasteiger charge is -2.20. The first-order valence-corrected chi connectivity index (χ1v) is 30.7. The maximum atomic E-state index is 13.4. The topological polar surface area (TPSA) is 25.3 Å². The summed E-state index contributed by atoms with van der Waals surface area (Å²) in [4.78, 5) is 0. The Hall–Kier alpha value is -2.48. The van der Waals surface area contributed by atoms with Gasteiger partial charge in [-0.2, -0.15) is 0 Å². The zero-order valence-electron chi connectivity index (χ0n) is 46.9. The van der Waals surface area contributed by atoms with Gasteiger partial charge in [0.15, 0.2) is 0 Å². The maximum absolute atomic E-state index is 13.4. The number of benzene rings is 2. The van der Waals surface area contributed by atoms with Crippen LogP contribution in [0.2, 0.25) is 0 Å². The first-order chi connectivity index (χ1) is 33.4. The first kappa shape index (κ1) is 59.8. The first-order valence-electron chi connectivity index (χ1n) is 30.7. The van der Waals surface area contributed by atoms with E-state index in [1.54, 1.807) is 38.1 Å². The molecule has 1 aliphatic rings. The lowest BCUT2D eigenvalue weighted by molar-refractivity contribution is -0.345. The second-order valence-electron chi connectivity index (χ2n) is 21.7. The van der Waals surface area contributed by atoms with Crippen molar-refractivity contribution < 1.29 is 4.70 Å². The van der Waals surface area contributed by atoms with Crippen molar-refractivity contribution in [2.75, 3.05) is 0 Å². The molecular weight excluding hydrogens is 821 g/mol. The molecule has 0 amide bonds. The molecule has 2 heteroatoms. The number of hydrogen-bond donors (Lipinski definition) is 0. The van der Waals surface area contributed by atoms with Crippen molar-refractivity contribution in [3.8, 4) is 0 Å². The number of allylic oxidation sites excluding steroid dienone is 2. The van der Waals surface area contributed by atoms with Gasteiger partial charge in [0, 0.05) is 22.3 Å². The predicted molar refractivity (Wildman–Crippen MR) is 304 cm³/mol. The number of hydrogen-bond acceptors (Lipinski definition) is 0. The van der Waals surface area contributed by atoms with Crippen LogP contribution in [0.25, 0.3) is 16.9 Å². The summed E-state index contributed by atoms with van der Waals surface area (Å²) in [5.41, 5.74) is 30.9. The molecule has 2 nitrogen and oxygen atoms in total. The van der Waals surface area contributed by atoms with Crippen LogP contribution in [-0.2, 0) is 38.5 Å². The van der Waals surface area contributed by atoms with Crippen molar-refractivity contribution in [2.24, 2.45) is 0 Å². The van der Waals surface area contributed by atoms with Crippen LogP contribution in [0.15, 0.2) is 35.4 Å². The Bertz CT molecular complexity index is 1640. The van der Waals surface area contributed by atoms with Crippen LogP contribution in [-0.4, -0.2) is 4.70 Å². The number of unbranched alkanes of at least 4 members (excludes halogenated alkanes) is 26. The fraction of sp³-hybridized carbons (Fsp3) is 0.758. The number of aryl methyl sites for hydroxylation is 4. The van der Waals surface area contributed by atoms with Gasteiger partial charge in [0.05, 0.1) is 0 Å². The van der Waals surface area contributed by atoms with Gasteiger partial charge in [-0.3, -0.25) is 0 Å². The summed E-state index contributed by atoms with van der Waals surface area (Å²) >= 11 is 0. The zero-order chi connectivity index (χ0) is 49.0. The van der Waals surface area contributed by atoms with E-state index < -0.39 is 0 Å². The van der Waals surface area contributed by atoms with Gasteiger partial charge in [-0.1, -0.05) is 222 Å². The van der Waals surface area contributed by atoms with Crippen LogP contribution in [0.4, 0.5) is 0 Å². The largest absolute Gasteiger partial charge is 0.493 e. The van der Waals surface area contributed by atoms with E-state index in [-0.39, 0.29) is 0 Å². The molecule has 0 saturated heterocycles. The van der Waals surface area contributed by atoms with E-state index in [2.05, 4.69) is 79.7 Å². The molecule has 386 valence electrons. The third-order valence-corrected chi connectivity index (χ3v) is 15.6. The predicted octanol–water partition coefficient (Wildman–Crippen LogP) is 22.3. The summed E-state index contributed by atoms with van der Waals surface area (Å²) in [7, 11) is 0. The van der Waals surface area contributed by atoms with Gasteiger partial charge in [0.2, 0.25) is 11.4 Å². The molecule has 3 rings (SSSR count). The van der Waals surface area contributed by atoms with Crippen LogP contribution in [0.3, 0.4) is 0 Å². The summed E-state index contributed by atoms with van der Waals surface area (Å²) in [6.07, 6.45) is 53.1. The van der Waals surface area contributed by atoms with Crippen molar-refractivity contribution in [1.82, 2.24) is 0 Å². The van der Waals surface area contributed by atoms with Crippen molar-refractivity contribution in [3.05, 3.63) is 85.5 Å². The molecule has 0 unspecified atom stereocenters. The second kappa shape index (κ2) is 38.2. The van der Waals surface area contributed by atoms with Gasteiger partial charge in [-0.05, 0) is 160 Å². The summed E-state index contributed by atoms with van der Waals surface area (Å²) in [6.45, 7) is 18.8. The minimum atomic E-state index is 1.06. The van der Waals surface area contributed by atoms with Crippen LogP contribution in [0.5, 0.6) is 0 Å². The highest BCUT2D eigenvalue weighted by Crippen LogP contribution is 2.46. The van der Waals surface area contributed by atoms with Crippen LogP contribution in [0.1, 0.15) is 331 Å². The Morgan fingerprint density at radius 1 is 0.265 bits per heavy atom. The SMILES string of the molecule is CCCCCCCCC1=C(c2cc(CCCCCC)c(CCCCCC)c(CCCCCC)c2)[N+](=[N-])C(c2cc(CCCCCC)c(CCCCCC)c(CCCCCC)c2)=C1CCCCCC. The van der Waals surface area contributed by atoms with E-state index in [0.29, 0.717) is 0 Å². The second-order valence-corrected chi connectivity index (χ2v) is 21.7. The highest BCUT2D eigenvalue weighted by atomic mass is 15.2. The van der Waals surface area contributed by atoms with Crippen molar-refractivity contribution >= 4 is 11.4 Å². The molecule has 1 aliphatic heterocycles. The van der Waals surface area contributed by atoms with Gasteiger partial charge in [-0.25, -0.2) is 4.70 Å². The fourth-order valence-corrected chi connectivity index (χ4v) is 11.4. The van der Waals surface area contributed by atoms with E-state index in [4.69, 9.17) is 0 Å². The average Bonchev–Trinajstić information content (AvgIpc) is 3.62. The Morgan fingerprint density at radius 2 is 0.471 bits per heavy atom. The monoisotopic (exact) mass is 933 g/mol. The van der Waals surface area contributed by atoms with Crippen molar-refractivity contribution in [1.29, 1.82) is 0 Å². The molecule has 0 atom stereocenters. The summed E-state index contributed by atoms with van der Waals surface area (Å²) < 4.78 is 1.80. The Kier molecular flexibility index (Phi) is 33.6. The lowest BCUT2D eigenvalue weighted by atomic mass is 9.85. The highest BCUT2D eigenvalue weighted by Gasteiger charge is 2.36. The number of rotatable bonds is 44. The third-order valence-electron chi connectivity index (χ3n) is 15.6. The highest BCUT2D eigenvalue weighted by molar-refractivity contribution is 5.83.